The first-order valence-corrected chi connectivity index (χ1v) is 6.43. The average Bonchev–Trinajstić information content (AvgIpc) is 2.42. The van der Waals surface area contributed by atoms with Crippen LogP contribution >= 0.6 is 11.8 Å². The summed E-state index contributed by atoms with van der Waals surface area (Å²) in [4.78, 5) is 0.442. The number of rotatable bonds is 0. The Morgan fingerprint density at radius 2 is 2.00 bits per heavy atom. The lowest BCUT2D eigenvalue weighted by molar-refractivity contribution is 0.210. The summed E-state index contributed by atoms with van der Waals surface area (Å²) in [7, 11) is 0. The van der Waals surface area contributed by atoms with Crippen molar-refractivity contribution in [3.8, 4) is 0 Å². The second-order valence-corrected chi connectivity index (χ2v) is 6.76. The van der Waals surface area contributed by atoms with E-state index in [1.807, 2.05) is 0 Å². The Labute approximate surface area is 86.0 Å². The summed E-state index contributed by atoms with van der Waals surface area (Å²) in [5.41, 5.74) is 0. The molecule has 4 unspecified atom stereocenters. The Morgan fingerprint density at radius 1 is 1.23 bits per heavy atom. The van der Waals surface area contributed by atoms with Gasteiger partial charge in [0.15, 0.2) is 0 Å². The SMILES string of the molecule is CC1CCC(C)C2(C1)NCC(C)S2. The lowest BCUT2D eigenvalue weighted by atomic mass is 9.79. The van der Waals surface area contributed by atoms with Crippen molar-refractivity contribution in [2.75, 3.05) is 6.54 Å². The highest BCUT2D eigenvalue weighted by Gasteiger charge is 2.45. The van der Waals surface area contributed by atoms with Crippen LogP contribution in [0.2, 0.25) is 0 Å². The highest BCUT2D eigenvalue weighted by molar-refractivity contribution is 8.01. The minimum atomic E-state index is 0.442. The molecule has 1 spiro atoms. The third kappa shape index (κ3) is 1.75. The summed E-state index contributed by atoms with van der Waals surface area (Å²) >= 11 is 2.19. The van der Waals surface area contributed by atoms with Crippen LogP contribution in [-0.2, 0) is 0 Å². The quantitative estimate of drug-likeness (QED) is 0.644. The second-order valence-electron chi connectivity index (χ2n) is 4.99. The summed E-state index contributed by atoms with van der Waals surface area (Å²) in [6.45, 7) is 8.38. The molecule has 2 fully saturated rings. The Balaban J connectivity index is 2.10. The zero-order chi connectivity index (χ0) is 9.47. The van der Waals surface area contributed by atoms with Gasteiger partial charge in [-0.05, 0) is 24.7 Å². The number of nitrogens with one attached hydrogen (secondary N) is 1. The Morgan fingerprint density at radius 3 is 2.62 bits per heavy atom. The van der Waals surface area contributed by atoms with E-state index in [1.165, 1.54) is 25.8 Å². The van der Waals surface area contributed by atoms with Crippen LogP contribution in [0.4, 0.5) is 0 Å². The van der Waals surface area contributed by atoms with E-state index in [-0.39, 0.29) is 0 Å². The molecule has 0 bridgehead atoms. The molecule has 1 aliphatic heterocycles. The molecule has 1 aliphatic carbocycles. The van der Waals surface area contributed by atoms with Gasteiger partial charge in [-0.3, -0.25) is 0 Å². The molecule has 1 N–H and O–H groups in total. The number of hydrogen-bond donors (Lipinski definition) is 1. The third-order valence-electron chi connectivity index (χ3n) is 3.64. The van der Waals surface area contributed by atoms with E-state index in [0.29, 0.717) is 4.87 Å². The topological polar surface area (TPSA) is 12.0 Å². The molecular weight excluding hydrogens is 178 g/mol. The molecule has 0 radical (unpaired) electrons. The molecule has 1 saturated carbocycles. The van der Waals surface area contributed by atoms with Gasteiger partial charge in [-0.2, -0.15) is 0 Å². The fourth-order valence-corrected chi connectivity index (χ4v) is 4.54. The summed E-state index contributed by atoms with van der Waals surface area (Å²) in [5, 5.41) is 4.58. The Bertz CT molecular complexity index is 195. The minimum absolute atomic E-state index is 0.442. The van der Waals surface area contributed by atoms with Gasteiger partial charge >= 0.3 is 0 Å². The van der Waals surface area contributed by atoms with Crippen molar-refractivity contribution in [1.29, 1.82) is 0 Å². The summed E-state index contributed by atoms with van der Waals surface area (Å²) in [5.74, 6) is 1.78. The molecule has 1 nitrogen and oxygen atoms in total. The van der Waals surface area contributed by atoms with Crippen LogP contribution in [0.5, 0.6) is 0 Å². The molecule has 76 valence electrons. The van der Waals surface area contributed by atoms with E-state index in [1.54, 1.807) is 0 Å². The predicted molar refractivity (Wildman–Crippen MR) is 60.0 cm³/mol. The monoisotopic (exact) mass is 199 g/mol. The lowest BCUT2D eigenvalue weighted by Gasteiger charge is -2.42. The minimum Gasteiger partial charge on any atom is -0.301 e. The summed E-state index contributed by atoms with van der Waals surface area (Å²) in [6, 6.07) is 0. The van der Waals surface area contributed by atoms with E-state index in [4.69, 9.17) is 0 Å². The smallest absolute Gasteiger partial charge is 0.0677 e. The molecule has 0 amide bonds. The van der Waals surface area contributed by atoms with E-state index in [0.717, 1.165) is 17.1 Å². The van der Waals surface area contributed by atoms with Crippen molar-refractivity contribution in [1.82, 2.24) is 5.32 Å². The molecule has 2 aliphatic rings. The summed E-state index contributed by atoms with van der Waals surface area (Å²) in [6.07, 6.45) is 4.22. The highest BCUT2D eigenvalue weighted by Crippen LogP contribution is 2.48. The molecule has 1 heterocycles. The van der Waals surface area contributed by atoms with E-state index < -0.39 is 0 Å². The van der Waals surface area contributed by atoms with Crippen molar-refractivity contribution >= 4 is 11.8 Å². The van der Waals surface area contributed by atoms with Gasteiger partial charge < -0.3 is 5.32 Å². The molecule has 2 rings (SSSR count). The van der Waals surface area contributed by atoms with Gasteiger partial charge in [0.1, 0.15) is 0 Å². The largest absolute Gasteiger partial charge is 0.301 e. The first-order valence-electron chi connectivity index (χ1n) is 5.55. The first kappa shape index (κ1) is 9.85. The van der Waals surface area contributed by atoms with Gasteiger partial charge in [0.05, 0.1) is 4.87 Å². The number of hydrogen-bond acceptors (Lipinski definition) is 2. The maximum Gasteiger partial charge on any atom is 0.0677 e. The molecule has 2 heteroatoms. The van der Waals surface area contributed by atoms with Crippen molar-refractivity contribution < 1.29 is 0 Å². The summed E-state index contributed by atoms with van der Waals surface area (Å²) < 4.78 is 0. The van der Waals surface area contributed by atoms with Crippen LogP contribution in [0.1, 0.15) is 40.0 Å². The third-order valence-corrected chi connectivity index (χ3v) is 5.34. The van der Waals surface area contributed by atoms with Crippen LogP contribution in [0.25, 0.3) is 0 Å². The van der Waals surface area contributed by atoms with Gasteiger partial charge in [0.25, 0.3) is 0 Å². The lowest BCUT2D eigenvalue weighted by Crippen LogP contribution is -2.47. The van der Waals surface area contributed by atoms with Gasteiger partial charge in [-0.15, -0.1) is 11.8 Å². The molecule has 1 saturated heterocycles. The Kier molecular flexibility index (Phi) is 2.63. The highest BCUT2D eigenvalue weighted by atomic mass is 32.2. The molecule has 0 aromatic carbocycles. The van der Waals surface area contributed by atoms with Crippen LogP contribution in [0, 0.1) is 11.8 Å². The standard InChI is InChI=1S/C11H21NS/c1-8-4-5-9(2)11(6-8)12-7-10(3)13-11/h8-10,12H,4-7H2,1-3H3. The molecular formula is C11H21NS. The molecule has 0 aromatic heterocycles. The van der Waals surface area contributed by atoms with Gasteiger partial charge in [-0.25, -0.2) is 0 Å². The first-order chi connectivity index (χ1) is 6.12. The molecule has 0 aromatic rings. The van der Waals surface area contributed by atoms with E-state index in [2.05, 4.69) is 37.8 Å². The van der Waals surface area contributed by atoms with Gasteiger partial charge in [0, 0.05) is 11.8 Å². The average molecular weight is 199 g/mol. The van der Waals surface area contributed by atoms with Crippen LogP contribution in [0.15, 0.2) is 0 Å². The normalized spacial score (nSPS) is 51.5. The number of thioether (sulfide) groups is 1. The maximum atomic E-state index is 3.76. The predicted octanol–water partition coefficient (Wildman–Crippen LogP) is 2.86. The van der Waals surface area contributed by atoms with Crippen molar-refractivity contribution in [3.63, 3.8) is 0 Å². The van der Waals surface area contributed by atoms with Crippen LogP contribution in [0.3, 0.4) is 0 Å². The van der Waals surface area contributed by atoms with Crippen molar-refractivity contribution in [2.45, 2.75) is 50.2 Å². The van der Waals surface area contributed by atoms with Crippen molar-refractivity contribution in [3.05, 3.63) is 0 Å². The second kappa shape index (κ2) is 3.47. The zero-order valence-electron chi connectivity index (χ0n) is 8.97. The maximum absolute atomic E-state index is 3.76. The van der Waals surface area contributed by atoms with Gasteiger partial charge in [-0.1, -0.05) is 27.2 Å². The van der Waals surface area contributed by atoms with E-state index >= 15 is 0 Å². The van der Waals surface area contributed by atoms with Crippen LogP contribution in [-0.4, -0.2) is 16.7 Å². The molecule has 13 heavy (non-hydrogen) atoms. The molecule has 4 atom stereocenters. The fourth-order valence-electron chi connectivity index (χ4n) is 2.76. The van der Waals surface area contributed by atoms with Gasteiger partial charge in [0.2, 0.25) is 0 Å². The van der Waals surface area contributed by atoms with Crippen molar-refractivity contribution in [2.24, 2.45) is 11.8 Å². The van der Waals surface area contributed by atoms with Crippen LogP contribution < -0.4 is 5.32 Å². The fraction of sp³-hybridized carbons (Fsp3) is 1.00. The van der Waals surface area contributed by atoms with E-state index in [9.17, 15) is 0 Å². The zero-order valence-corrected chi connectivity index (χ0v) is 9.79. The Hall–Kier alpha value is 0.310.